The van der Waals surface area contributed by atoms with Crippen molar-refractivity contribution in [3.05, 3.63) is 0 Å². The van der Waals surface area contributed by atoms with Crippen LogP contribution < -0.4 is 0 Å². The molecule has 0 rings (SSSR count). The molecule has 0 aliphatic heterocycles. The van der Waals surface area contributed by atoms with Gasteiger partial charge in [-0.15, -0.1) is 0 Å². The Balaban J connectivity index is 3.77. The SMILES string of the molecule is O=C(OCCCC(F)(F)C(F)(F)F)OCC(F)F. The minimum Gasteiger partial charge on any atom is -0.434 e. The van der Waals surface area contributed by atoms with E-state index >= 15 is 0 Å². The highest BCUT2D eigenvalue weighted by Crippen LogP contribution is 2.38. The molecule has 0 unspecified atom stereocenters. The smallest absolute Gasteiger partial charge is 0.434 e. The predicted molar refractivity (Wildman–Crippen MR) is 43.5 cm³/mol. The second-order valence-corrected chi connectivity index (χ2v) is 3.11. The molecule has 0 saturated carbocycles. The van der Waals surface area contributed by atoms with E-state index in [1.165, 1.54) is 0 Å². The average molecular weight is 286 g/mol. The fraction of sp³-hybridized carbons (Fsp3) is 0.875. The summed E-state index contributed by atoms with van der Waals surface area (Å²) >= 11 is 0. The number of carbonyl (C=O) groups is 1. The van der Waals surface area contributed by atoms with E-state index in [0.29, 0.717) is 0 Å². The zero-order valence-corrected chi connectivity index (χ0v) is 8.78. The van der Waals surface area contributed by atoms with Gasteiger partial charge in [0, 0.05) is 6.42 Å². The van der Waals surface area contributed by atoms with E-state index in [-0.39, 0.29) is 0 Å². The minimum absolute atomic E-state index is 0.781. The Morgan fingerprint density at radius 3 is 2.06 bits per heavy atom. The van der Waals surface area contributed by atoms with Crippen molar-refractivity contribution in [2.75, 3.05) is 13.2 Å². The van der Waals surface area contributed by atoms with Gasteiger partial charge in [0.25, 0.3) is 6.43 Å². The molecule has 18 heavy (non-hydrogen) atoms. The number of rotatable bonds is 6. The number of halogens is 7. The van der Waals surface area contributed by atoms with Crippen molar-refractivity contribution >= 4 is 6.16 Å². The molecule has 0 aromatic carbocycles. The highest BCUT2D eigenvalue weighted by atomic mass is 19.4. The molecule has 0 saturated heterocycles. The van der Waals surface area contributed by atoms with E-state index in [1.54, 1.807) is 0 Å². The normalized spacial score (nSPS) is 12.7. The van der Waals surface area contributed by atoms with Crippen LogP contribution in [0.1, 0.15) is 12.8 Å². The van der Waals surface area contributed by atoms with Crippen LogP contribution in [0.4, 0.5) is 35.5 Å². The number of hydrogen-bond acceptors (Lipinski definition) is 3. The van der Waals surface area contributed by atoms with Gasteiger partial charge in [-0.25, -0.2) is 13.6 Å². The zero-order chi connectivity index (χ0) is 14.4. The second kappa shape index (κ2) is 6.64. The molecule has 0 fully saturated rings. The van der Waals surface area contributed by atoms with Crippen LogP contribution in [0.3, 0.4) is 0 Å². The van der Waals surface area contributed by atoms with E-state index in [0.717, 1.165) is 0 Å². The first-order valence-corrected chi connectivity index (χ1v) is 4.58. The third kappa shape index (κ3) is 6.50. The second-order valence-electron chi connectivity index (χ2n) is 3.11. The summed E-state index contributed by atoms with van der Waals surface area (Å²) in [6.07, 6.45) is -12.5. The van der Waals surface area contributed by atoms with Gasteiger partial charge >= 0.3 is 18.3 Å². The monoisotopic (exact) mass is 286 g/mol. The van der Waals surface area contributed by atoms with E-state index in [4.69, 9.17) is 0 Å². The molecule has 0 N–H and O–H groups in total. The van der Waals surface area contributed by atoms with Gasteiger partial charge in [-0.05, 0) is 6.42 Å². The van der Waals surface area contributed by atoms with Gasteiger partial charge in [-0.1, -0.05) is 0 Å². The largest absolute Gasteiger partial charge is 0.508 e. The van der Waals surface area contributed by atoms with Gasteiger partial charge in [-0.2, -0.15) is 22.0 Å². The quantitative estimate of drug-likeness (QED) is 0.426. The Kier molecular flexibility index (Phi) is 6.19. The first-order valence-electron chi connectivity index (χ1n) is 4.58. The van der Waals surface area contributed by atoms with Crippen molar-refractivity contribution in [3.63, 3.8) is 0 Å². The van der Waals surface area contributed by atoms with Crippen molar-refractivity contribution in [2.45, 2.75) is 31.4 Å². The van der Waals surface area contributed by atoms with E-state index < -0.39 is 50.7 Å². The van der Waals surface area contributed by atoms with Gasteiger partial charge in [-0.3, -0.25) is 0 Å². The molecule has 0 aromatic rings. The number of alkyl halides is 7. The zero-order valence-electron chi connectivity index (χ0n) is 8.78. The summed E-state index contributed by atoms with van der Waals surface area (Å²) in [6.45, 7) is -2.02. The summed E-state index contributed by atoms with van der Waals surface area (Å²) in [7, 11) is 0. The van der Waals surface area contributed by atoms with Crippen molar-refractivity contribution in [3.8, 4) is 0 Å². The van der Waals surface area contributed by atoms with Gasteiger partial charge in [0.15, 0.2) is 6.61 Å². The topological polar surface area (TPSA) is 35.5 Å². The summed E-state index contributed by atoms with van der Waals surface area (Å²) in [4.78, 5) is 10.5. The third-order valence-electron chi connectivity index (χ3n) is 1.60. The Morgan fingerprint density at radius 1 is 1.06 bits per heavy atom. The van der Waals surface area contributed by atoms with E-state index in [9.17, 15) is 35.5 Å². The molecule has 0 spiro atoms. The molecule has 3 nitrogen and oxygen atoms in total. The molecule has 0 aliphatic carbocycles. The molecule has 0 aliphatic rings. The lowest BCUT2D eigenvalue weighted by atomic mass is 10.2. The van der Waals surface area contributed by atoms with Crippen LogP contribution in [-0.2, 0) is 9.47 Å². The van der Waals surface area contributed by atoms with E-state index in [1.807, 2.05) is 0 Å². The van der Waals surface area contributed by atoms with Gasteiger partial charge in [0.1, 0.15) is 0 Å². The molecule has 0 heterocycles. The molecule has 10 heteroatoms. The summed E-state index contributed by atoms with van der Waals surface area (Å²) in [5.41, 5.74) is 0. The summed E-state index contributed by atoms with van der Waals surface area (Å²) in [5.74, 6) is -4.89. The van der Waals surface area contributed by atoms with E-state index in [2.05, 4.69) is 9.47 Å². The van der Waals surface area contributed by atoms with Crippen LogP contribution in [0, 0.1) is 0 Å². The van der Waals surface area contributed by atoms with Gasteiger partial charge < -0.3 is 9.47 Å². The average Bonchev–Trinajstić information content (AvgIpc) is 2.19. The van der Waals surface area contributed by atoms with Crippen LogP contribution in [0.15, 0.2) is 0 Å². The maximum absolute atomic E-state index is 12.3. The van der Waals surface area contributed by atoms with Crippen LogP contribution in [-0.4, -0.2) is 37.9 Å². The highest BCUT2D eigenvalue weighted by molar-refractivity contribution is 5.59. The fourth-order valence-electron chi connectivity index (χ4n) is 0.764. The maximum Gasteiger partial charge on any atom is 0.508 e. The Morgan fingerprint density at radius 2 is 1.61 bits per heavy atom. The van der Waals surface area contributed by atoms with Crippen LogP contribution in [0.25, 0.3) is 0 Å². The Bertz CT molecular complexity index is 264. The fourth-order valence-corrected chi connectivity index (χ4v) is 0.764. The molecule has 0 atom stereocenters. The third-order valence-corrected chi connectivity index (χ3v) is 1.60. The molecular weight excluding hydrogens is 277 g/mol. The van der Waals surface area contributed by atoms with Crippen molar-refractivity contribution in [1.82, 2.24) is 0 Å². The Labute approximate surface area is 96.8 Å². The molecule has 0 bridgehead atoms. The number of ether oxygens (including phenoxy) is 2. The lowest BCUT2D eigenvalue weighted by Gasteiger charge is -2.19. The standard InChI is InChI=1S/C8H9F7O3/c9-5(10)4-18-6(16)17-3-1-2-7(11,12)8(13,14)15/h5H,1-4H2. The maximum atomic E-state index is 12.3. The van der Waals surface area contributed by atoms with Gasteiger partial charge in [0.2, 0.25) is 0 Å². The highest BCUT2D eigenvalue weighted by Gasteiger charge is 2.56. The summed E-state index contributed by atoms with van der Waals surface area (Å²) in [6, 6.07) is 0. The Hall–Kier alpha value is -1.22. The number of carbonyl (C=O) groups excluding carboxylic acids is 1. The van der Waals surface area contributed by atoms with Crippen LogP contribution in [0.5, 0.6) is 0 Å². The molecule has 0 aromatic heterocycles. The van der Waals surface area contributed by atoms with Crippen molar-refractivity contribution in [2.24, 2.45) is 0 Å². The van der Waals surface area contributed by atoms with Crippen molar-refractivity contribution < 1.29 is 45.0 Å². The summed E-state index contributed by atoms with van der Waals surface area (Å²) < 4.78 is 90.4. The van der Waals surface area contributed by atoms with Crippen molar-refractivity contribution in [1.29, 1.82) is 0 Å². The first-order chi connectivity index (χ1) is 8.06. The number of hydrogen-bond donors (Lipinski definition) is 0. The van der Waals surface area contributed by atoms with Crippen LogP contribution in [0.2, 0.25) is 0 Å². The lowest BCUT2D eigenvalue weighted by Crippen LogP contribution is -2.36. The predicted octanol–water partition coefficient (Wildman–Crippen LogP) is 3.38. The molecule has 0 radical (unpaired) electrons. The lowest BCUT2D eigenvalue weighted by molar-refractivity contribution is -0.284. The molecule has 108 valence electrons. The minimum atomic E-state index is -5.68. The van der Waals surface area contributed by atoms with Gasteiger partial charge in [0.05, 0.1) is 6.61 Å². The molecular formula is C8H9F7O3. The summed E-state index contributed by atoms with van der Waals surface area (Å²) in [5, 5.41) is 0. The first kappa shape index (κ1) is 16.8. The van der Waals surface area contributed by atoms with Crippen LogP contribution >= 0.6 is 0 Å². The molecule has 0 amide bonds.